The maximum Gasteiger partial charge on any atom is 0.255 e. The van der Waals surface area contributed by atoms with Crippen molar-refractivity contribution in [3.63, 3.8) is 0 Å². The van der Waals surface area contributed by atoms with Crippen LogP contribution in [-0.2, 0) is 0 Å². The molecule has 0 heterocycles. The van der Waals surface area contributed by atoms with E-state index < -0.39 is 0 Å². The Morgan fingerprint density at radius 2 is 1.74 bits per heavy atom. The molecule has 0 aliphatic heterocycles. The SMILES string of the molecule is O=C(Nc1ccc(N=C2CCCCC2)cc1O)c1ccccc1. The van der Waals surface area contributed by atoms with Crippen molar-refractivity contribution >= 4 is 23.0 Å². The summed E-state index contributed by atoms with van der Waals surface area (Å²) in [5, 5.41) is 12.9. The van der Waals surface area contributed by atoms with Gasteiger partial charge in [-0.3, -0.25) is 9.79 Å². The zero-order valence-electron chi connectivity index (χ0n) is 13.0. The lowest BCUT2D eigenvalue weighted by Gasteiger charge is -2.13. The van der Waals surface area contributed by atoms with Crippen LogP contribution in [0.25, 0.3) is 0 Å². The van der Waals surface area contributed by atoms with Gasteiger partial charge in [-0.25, -0.2) is 0 Å². The maximum atomic E-state index is 12.1. The lowest BCUT2D eigenvalue weighted by molar-refractivity contribution is 0.102. The third-order valence-electron chi connectivity index (χ3n) is 3.98. The number of benzene rings is 2. The van der Waals surface area contributed by atoms with E-state index in [1.54, 1.807) is 36.4 Å². The molecule has 1 aliphatic rings. The minimum atomic E-state index is -0.243. The van der Waals surface area contributed by atoms with Gasteiger partial charge >= 0.3 is 0 Å². The predicted octanol–water partition coefficient (Wildman–Crippen LogP) is 4.68. The first-order valence-electron chi connectivity index (χ1n) is 7.98. The van der Waals surface area contributed by atoms with E-state index in [1.807, 2.05) is 12.1 Å². The third kappa shape index (κ3) is 3.97. The molecule has 23 heavy (non-hydrogen) atoms. The maximum absolute atomic E-state index is 12.1. The van der Waals surface area contributed by atoms with Gasteiger partial charge in [0, 0.05) is 17.3 Å². The molecule has 118 valence electrons. The normalized spacial score (nSPS) is 14.3. The van der Waals surface area contributed by atoms with Crippen LogP contribution < -0.4 is 5.32 Å². The standard InChI is InChI=1S/C19H20N2O2/c22-18-13-16(20-15-9-5-2-6-10-15)11-12-17(18)21-19(23)14-7-3-1-4-8-14/h1,3-4,7-8,11-13,22H,2,5-6,9-10H2,(H,21,23). The van der Waals surface area contributed by atoms with E-state index in [-0.39, 0.29) is 11.7 Å². The highest BCUT2D eigenvalue weighted by Gasteiger charge is 2.10. The minimum Gasteiger partial charge on any atom is -0.506 e. The molecule has 2 aromatic rings. The summed E-state index contributed by atoms with van der Waals surface area (Å²) in [6.07, 6.45) is 5.72. The van der Waals surface area contributed by atoms with Gasteiger partial charge in [-0.15, -0.1) is 0 Å². The van der Waals surface area contributed by atoms with Gasteiger partial charge in [0.15, 0.2) is 0 Å². The lowest BCUT2D eigenvalue weighted by Crippen LogP contribution is -2.11. The Bertz CT molecular complexity index is 715. The number of nitrogens with zero attached hydrogens (tertiary/aromatic N) is 1. The monoisotopic (exact) mass is 308 g/mol. The number of anilines is 1. The van der Waals surface area contributed by atoms with E-state index in [4.69, 9.17) is 0 Å². The Morgan fingerprint density at radius 1 is 1.00 bits per heavy atom. The number of carbonyl (C=O) groups excluding carboxylic acids is 1. The Morgan fingerprint density at radius 3 is 2.43 bits per heavy atom. The first-order chi connectivity index (χ1) is 11.2. The molecule has 0 atom stereocenters. The molecule has 1 aliphatic carbocycles. The molecule has 0 radical (unpaired) electrons. The van der Waals surface area contributed by atoms with Crippen LogP contribution in [0.15, 0.2) is 53.5 Å². The molecule has 0 aromatic heterocycles. The lowest BCUT2D eigenvalue weighted by atomic mass is 9.98. The number of amides is 1. The van der Waals surface area contributed by atoms with Gasteiger partial charge in [0.2, 0.25) is 0 Å². The first-order valence-corrected chi connectivity index (χ1v) is 7.98. The average molecular weight is 308 g/mol. The molecular weight excluding hydrogens is 288 g/mol. The number of nitrogens with one attached hydrogen (secondary N) is 1. The van der Waals surface area contributed by atoms with Gasteiger partial charge in [0.25, 0.3) is 5.91 Å². The summed E-state index contributed by atoms with van der Waals surface area (Å²) < 4.78 is 0. The molecule has 2 aromatic carbocycles. The topological polar surface area (TPSA) is 61.7 Å². The minimum absolute atomic E-state index is 0.0342. The number of aromatic hydroxyl groups is 1. The van der Waals surface area contributed by atoms with E-state index in [9.17, 15) is 9.90 Å². The van der Waals surface area contributed by atoms with Crippen LogP contribution in [0.4, 0.5) is 11.4 Å². The van der Waals surface area contributed by atoms with E-state index in [0.29, 0.717) is 11.3 Å². The molecule has 0 saturated heterocycles. The molecular formula is C19H20N2O2. The molecule has 0 unspecified atom stereocenters. The molecule has 4 heteroatoms. The Hall–Kier alpha value is -2.62. The van der Waals surface area contributed by atoms with Crippen molar-refractivity contribution in [2.24, 2.45) is 4.99 Å². The summed E-state index contributed by atoms with van der Waals surface area (Å²) in [5.41, 5.74) is 2.87. The number of carbonyl (C=O) groups is 1. The Kier molecular flexibility index (Phi) is 4.71. The van der Waals surface area contributed by atoms with Crippen molar-refractivity contribution in [1.82, 2.24) is 0 Å². The van der Waals surface area contributed by atoms with Gasteiger partial charge in [0.05, 0.1) is 11.4 Å². The fourth-order valence-electron chi connectivity index (χ4n) is 2.73. The number of hydrogen-bond acceptors (Lipinski definition) is 3. The van der Waals surface area contributed by atoms with Crippen LogP contribution >= 0.6 is 0 Å². The number of aliphatic imine (C=N–C) groups is 1. The number of phenolic OH excluding ortho intramolecular Hbond substituents is 1. The van der Waals surface area contributed by atoms with Crippen molar-refractivity contribution in [3.05, 3.63) is 54.1 Å². The number of rotatable bonds is 3. The van der Waals surface area contributed by atoms with Crippen LogP contribution in [0.1, 0.15) is 42.5 Å². The first kappa shape index (κ1) is 15.3. The fourth-order valence-corrected chi connectivity index (χ4v) is 2.73. The number of hydrogen-bond donors (Lipinski definition) is 2. The Labute approximate surface area is 135 Å². The van der Waals surface area contributed by atoms with E-state index in [1.165, 1.54) is 25.0 Å². The summed E-state index contributed by atoms with van der Waals surface area (Å²) in [6.45, 7) is 0. The summed E-state index contributed by atoms with van der Waals surface area (Å²) in [4.78, 5) is 16.7. The van der Waals surface area contributed by atoms with Crippen molar-refractivity contribution in [3.8, 4) is 5.75 Å². The van der Waals surface area contributed by atoms with Crippen LogP contribution in [0, 0.1) is 0 Å². The van der Waals surface area contributed by atoms with Crippen LogP contribution in [0.3, 0.4) is 0 Å². The summed E-state index contributed by atoms with van der Waals surface area (Å²) in [6, 6.07) is 14.0. The summed E-state index contributed by atoms with van der Waals surface area (Å²) >= 11 is 0. The highest BCUT2D eigenvalue weighted by atomic mass is 16.3. The van der Waals surface area contributed by atoms with Gasteiger partial charge < -0.3 is 10.4 Å². The molecule has 2 N–H and O–H groups in total. The van der Waals surface area contributed by atoms with E-state index in [2.05, 4.69) is 10.3 Å². The van der Waals surface area contributed by atoms with Crippen molar-refractivity contribution < 1.29 is 9.90 Å². The second kappa shape index (κ2) is 7.09. The van der Waals surface area contributed by atoms with Crippen LogP contribution in [-0.4, -0.2) is 16.7 Å². The molecule has 1 amide bonds. The molecule has 4 nitrogen and oxygen atoms in total. The van der Waals surface area contributed by atoms with E-state index >= 15 is 0 Å². The second-order valence-electron chi connectivity index (χ2n) is 5.76. The highest BCUT2D eigenvalue weighted by Crippen LogP contribution is 2.30. The smallest absolute Gasteiger partial charge is 0.255 e. The summed E-state index contributed by atoms with van der Waals surface area (Å²) in [5.74, 6) is -0.209. The van der Waals surface area contributed by atoms with E-state index in [0.717, 1.165) is 18.5 Å². The van der Waals surface area contributed by atoms with Crippen molar-refractivity contribution in [1.29, 1.82) is 0 Å². The number of phenols is 1. The Balaban J connectivity index is 1.73. The zero-order chi connectivity index (χ0) is 16.1. The van der Waals surface area contributed by atoms with Gasteiger partial charge in [-0.1, -0.05) is 24.6 Å². The van der Waals surface area contributed by atoms with Gasteiger partial charge in [-0.2, -0.15) is 0 Å². The molecule has 1 fully saturated rings. The zero-order valence-corrected chi connectivity index (χ0v) is 13.0. The predicted molar refractivity (Wildman–Crippen MR) is 92.7 cm³/mol. The van der Waals surface area contributed by atoms with Gasteiger partial charge in [0.1, 0.15) is 5.75 Å². The third-order valence-corrected chi connectivity index (χ3v) is 3.98. The van der Waals surface area contributed by atoms with Gasteiger partial charge in [-0.05, 0) is 49.9 Å². The highest BCUT2D eigenvalue weighted by molar-refractivity contribution is 6.05. The second-order valence-corrected chi connectivity index (χ2v) is 5.76. The fraction of sp³-hybridized carbons (Fsp3) is 0.263. The molecule has 1 saturated carbocycles. The molecule has 3 rings (SSSR count). The van der Waals surface area contributed by atoms with Crippen LogP contribution in [0.5, 0.6) is 5.75 Å². The largest absolute Gasteiger partial charge is 0.506 e. The van der Waals surface area contributed by atoms with Crippen molar-refractivity contribution in [2.45, 2.75) is 32.1 Å². The molecule has 0 spiro atoms. The van der Waals surface area contributed by atoms with Crippen molar-refractivity contribution in [2.75, 3.05) is 5.32 Å². The molecule has 0 bridgehead atoms. The quantitative estimate of drug-likeness (QED) is 0.809. The average Bonchev–Trinajstić information content (AvgIpc) is 2.59. The summed E-state index contributed by atoms with van der Waals surface area (Å²) in [7, 11) is 0. The van der Waals surface area contributed by atoms with Crippen LogP contribution in [0.2, 0.25) is 0 Å².